The summed E-state index contributed by atoms with van der Waals surface area (Å²) < 4.78 is 7.89. The number of hydrogen-bond donors (Lipinski definition) is 1. The van der Waals surface area contributed by atoms with Crippen molar-refractivity contribution >= 4 is 10.9 Å². The van der Waals surface area contributed by atoms with Gasteiger partial charge in [-0.3, -0.25) is 0 Å². The van der Waals surface area contributed by atoms with Crippen molar-refractivity contribution in [2.45, 2.75) is 58.8 Å². The number of fused-ring (bicyclic) bond motifs is 1. The summed E-state index contributed by atoms with van der Waals surface area (Å²) in [6.07, 6.45) is 3.28. The summed E-state index contributed by atoms with van der Waals surface area (Å²) in [7, 11) is 1.78. The van der Waals surface area contributed by atoms with Crippen molar-refractivity contribution in [1.29, 1.82) is 0 Å². The van der Waals surface area contributed by atoms with Gasteiger partial charge in [0, 0.05) is 43.3 Å². The summed E-state index contributed by atoms with van der Waals surface area (Å²) in [4.78, 5) is 0. The molecule has 1 N–H and O–H groups in total. The number of benzene rings is 1. The van der Waals surface area contributed by atoms with Gasteiger partial charge in [-0.2, -0.15) is 0 Å². The van der Waals surface area contributed by atoms with Crippen LogP contribution in [0.2, 0.25) is 0 Å². The summed E-state index contributed by atoms with van der Waals surface area (Å²) in [5, 5.41) is 4.86. The van der Waals surface area contributed by atoms with Crippen molar-refractivity contribution in [3.63, 3.8) is 0 Å². The third-order valence-corrected chi connectivity index (χ3v) is 4.08. The molecule has 2 aromatic rings. The summed E-state index contributed by atoms with van der Waals surface area (Å²) in [5.74, 6) is 0. The molecule has 1 aromatic carbocycles. The molecule has 21 heavy (non-hydrogen) atoms. The van der Waals surface area contributed by atoms with Crippen molar-refractivity contribution in [1.82, 2.24) is 9.88 Å². The SMILES string of the molecule is COC(C)(C)CCn1cc(CNC(C)C)c2ccccc21. The molecule has 0 bridgehead atoms. The largest absolute Gasteiger partial charge is 0.379 e. The third-order valence-electron chi connectivity index (χ3n) is 4.08. The van der Waals surface area contributed by atoms with Crippen LogP contribution in [0.25, 0.3) is 10.9 Å². The van der Waals surface area contributed by atoms with E-state index in [2.05, 4.69) is 68.0 Å². The van der Waals surface area contributed by atoms with Crippen LogP contribution in [0.15, 0.2) is 30.5 Å². The van der Waals surface area contributed by atoms with E-state index in [9.17, 15) is 0 Å². The number of ether oxygens (including phenoxy) is 1. The molecule has 0 atom stereocenters. The van der Waals surface area contributed by atoms with Gasteiger partial charge in [0.25, 0.3) is 0 Å². The highest BCUT2D eigenvalue weighted by Crippen LogP contribution is 2.23. The average molecular weight is 288 g/mol. The molecule has 0 saturated carbocycles. The molecule has 0 radical (unpaired) electrons. The summed E-state index contributed by atoms with van der Waals surface area (Å²) >= 11 is 0. The maximum Gasteiger partial charge on any atom is 0.0639 e. The van der Waals surface area contributed by atoms with E-state index in [1.807, 2.05) is 0 Å². The zero-order valence-corrected chi connectivity index (χ0v) is 13.9. The Kier molecular flexibility index (Phi) is 5.07. The number of para-hydroxylation sites is 1. The maximum atomic E-state index is 5.53. The molecule has 0 amide bonds. The van der Waals surface area contributed by atoms with Crippen molar-refractivity contribution in [2.75, 3.05) is 7.11 Å². The Morgan fingerprint density at radius 3 is 2.62 bits per heavy atom. The topological polar surface area (TPSA) is 26.2 Å². The molecular formula is C18H28N2O. The Balaban J connectivity index is 2.23. The van der Waals surface area contributed by atoms with E-state index in [-0.39, 0.29) is 5.60 Å². The quantitative estimate of drug-likeness (QED) is 0.835. The van der Waals surface area contributed by atoms with E-state index in [4.69, 9.17) is 4.74 Å². The molecule has 1 aromatic heterocycles. The van der Waals surface area contributed by atoms with Crippen LogP contribution in [0.1, 0.15) is 39.7 Å². The Morgan fingerprint density at radius 1 is 1.24 bits per heavy atom. The van der Waals surface area contributed by atoms with Gasteiger partial charge in [-0.15, -0.1) is 0 Å². The van der Waals surface area contributed by atoms with Crippen LogP contribution in [0.3, 0.4) is 0 Å². The van der Waals surface area contributed by atoms with E-state index in [1.165, 1.54) is 16.5 Å². The molecule has 0 aliphatic rings. The standard InChI is InChI=1S/C18H28N2O/c1-14(2)19-12-15-13-20(11-10-18(3,4)21-5)17-9-7-6-8-16(15)17/h6-9,13-14,19H,10-12H2,1-5H3. The van der Waals surface area contributed by atoms with Crippen LogP contribution < -0.4 is 5.32 Å². The maximum absolute atomic E-state index is 5.53. The number of hydrogen-bond acceptors (Lipinski definition) is 2. The highest BCUT2D eigenvalue weighted by Gasteiger charge is 2.17. The number of methoxy groups -OCH3 is 1. The zero-order chi connectivity index (χ0) is 15.5. The Bertz CT molecular complexity index is 584. The number of aryl methyl sites for hydroxylation is 1. The molecule has 1 heterocycles. The highest BCUT2D eigenvalue weighted by atomic mass is 16.5. The van der Waals surface area contributed by atoms with Gasteiger partial charge >= 0.3 is 0 Å². The second-order valence-electron chi connectivity index (χ2n) is 6.61. The normalized spacial score (nSPS) is 12.5. The fraction of sp³-hybridized carbons (Fsp3) is 0.556. The fourth-order valence-corrected chi connectivity index (χ4v) is 2.45. The smallest absolute Gasteiger partial charge is 0.0639 e. The average Bonchev–Trinajstić information content (AvgIpc) is 2.81. The first-order valence-electron chi connectivity index (χ1n) is 7.78. The number of rotatable bonds is 7. The lowest BCUT2D eigenvalue weighted by Crippen LogP contribution is -2.24. The summed E-state index contributed by atoms with van der Waals surface area (Å²) in [5.41, 5.74) is 2.60. The van der Waals surface area contributed by atoms with Crippen LogP contribution in [0, 0.1) is 0 Å². The summed E-state index contributed by atoms with van der Waals surface area (Å²) in [6, 6.07) is 9.14. The molecule has 0 unspecified atom stereocenters. The Morgan fingerprint density at radius 2 is 1.95 bits per heavy atom. The molecule has 3 nitrogen and oxygen atoms in total. The fourth-order valence-electron chi connectivity index (χ4n) is 2.45. The molecule has 3 heteroatoms. The van der Waals surface area contributed by atoms with Crippen LogP contribution in [0.5, 0.6) is 0 Å². The highest BCUT2D eigenvalue weighted by molar-refractivity contribution is 5.83. The van der Waals surface area contributed by atoms with Crippen molar-refractivity contribution in [3.8, 4) is 0 Å². The summed E-state index contributed by atoms with van der Waals surface area (Å²) in [6.45, 7) is 10.5. The predicted octanol–water partition coefficient (Wildman–Crippen LogP) is 3.95. The lowest BCUT2D eigenvalue weighted by Gasteiger charge is -2.23. The monoisotopic (exact) mass is 288 g/mol. The minimum atomic E-state index is -0.0816. The second-order valence-corrected chi connectivity index (χ2v) is 6.61. The molecule has 0 saturated heterocycles. The third kappa shape index (κ3) is 4.08. The molecule has 0 aliphatic heterocycles. The molecule has 0 spiro atoms. The van der Waals surface area contributed by atoms with Gasteiger partial charge in [-0.25, -0.2) is 0 Å². The molecule has 0 fully saturated rings. The van der Waals surface area contributed by atoms with Crippen LogP contribution in [0.4, 0.5) is 0 Å². The van der Waals surface area contributed by atoms with E-state index in [1.54, 1.807) is 7.11 Å². The first kappa shape index (κ1) is 16.1. The van der Waals surface area contributed by atoms with Crippen LogP contribution in [-0.2, 0) is 17.8 Å². The van der Waals surface area contributed by atoms with Gasteiger partial charge in [-0.1, -0.05) is 32.0 Å². The van der Waals surface area contributed by atoms with Crippen LogP contribution in [-0.4, -0.2) is 23.3 Å². The van der Waals surface area contributed by atoms with Gasteiger partial charge in [0.1, 0.15) is 0 Å². The minimum absolute atomic E-state index is 0.0816. The van der Waals surface area contributed by atoms with E-state index < -0.39 is 0 Å². The first-order valence-corrected chi connectivity index (χ1v) is 7.78. The zero-order valence-electron chi connectivity index (χ0n) is 13.9. The van der Waals surface area contributed by atoms with E-state index in [0.717, 1.165) is 19.5 Å². The Labute approximate surface area is 128 Å². The minimum Gasteiger partial charge on any atom is -0.379 e. The van der Waals surface area contributed by atoms with Gasteiger partial charge in [-0.05, 0) is 31.9 Å². The second kappa shape index (κ2) is 6.63. The van der Waals surface area contributed by atoms with Gasteiger partial charge < -0.3 is 14.6 Å². The number of aromatic nitrogens is 1. The van der Waals surface area contributed by atoms with E-state index >= 15 is 0 Å². The lowest BCUT2D eigenvalue weighted by atomic mass is 10.1. The Hall–Kier alpha value is -1.32. The number of nitrogens with zero attached hydrogens (tertiary/aromatic N) is 1. The predicted molar refractivity (Wildman–Crippen MR) is 89.6 cm³/mol. The molecule has 2 rings (SSSR count). The molecular weight excluding hydrogens is 260 g/mol. The van der Waals surface area contributed by atoms with Crippen LogP contribution >= 0.6 is 0 Å². The van der Waals surface area contributed by atoms with Gasteiger partial charge in [0.15, 0.2) is 0 Å². The van der Waals surface area contributed by atoms with E-state index in [0.29, 0.717) is 6.04 Å². The van der Waals surface area contributed by atoms with Gasteiger partial charge in [0.2, 0.25) is 0 Å². The molecule has 116 valence electrons. The lowest BCUT2D eigenvalue weighted by molar-refractivity contribution is 0.0123. The first-order chi connectivity index (χ1) is 9.93. The van der Waals surface area contributed by atoms with Crippen molar-refractivity contribution in [2.24, 2.45) is 0 Å². The van der Waals surface area contributed by atoms with Crippen molar-refractivity contribution < 1.29 is 4.74 Å². The number of nitrogens with one attached hydrogen (secondary N) is 1. The van der Waals surface area contributed by atoms with Crippen molar-refractivity contribution in [3.05, 3.63) is 36.0 Å². The van der Waals surface area contributed by atoms with Gasteiger partial charge in [0.05, 0.1) is 5.60 Å². The molecule has 0 aliphatic carbocycles.